The molecule has 8 nitrogen and oxygen atoms in total. The van der Waals surface area contributed by atoms with Gasteiger partial charge in [-0.05, 0) is 40.6 Å². The van der Waals surface area contributed by atoms with Crippen LogP contribution in [0.4, 0.5) is 5.69 Å². The van der Waals surface area contributed by atoms with Crippen molar-refractivity contribution in [3.63, 3.8) is 0 Å². The van der Waals surface area contributed by atoms with E-state index < -0.39 is 10.8 Å². The summed E-state index contributed by atoms with van der Waals surface area (Å²) in [6.45, 7) is 0.146. The molecule has 170 valence electrons. The molecule has 0 aliphatic carbocycles. The Kier molecular flexibility index (Phi) is 6.78. The van der Waals surface area contributed by atoms with Crippen LogP contribution in [0.1, 0.15) is 21.5 Å². The number of benzene rings is 4. The van der Waals surface area contributed by atoms with E-state index in [4.69, 9.17) is 9.47 Å². The molecule has 0 unspecified atom stereocenters. The van der Waals surface area contributed by atoms with Gasteiger partial charge in [0.1, 0.15) is 18.1 Å². The number of carbonyl (C=O) groups is 1. The molecular formula is C26H21N3O5. The molecule has 1 amide bonds. The number of hydrazone groups is 1. The zero-order valence-electron chi connectivity index (χ0n) is 18.3. The molecule has 0 aliphatic heterocycles. The molecular weight excluding hydrogens is 434 g/mol. The van der Waals surface area contributed by atoms with Gasteiger partial charge in [0, 0.05) is 17.7 Å². The molecule has 0 heterocycles. The molecule has 0 bridgehead atoms. The molecule has 8 heteroatoms. The summed E-state index contributed by atoms with van der Waals surface area (Å²) in [5.74, 6) is 0.566. The van der Waals surface area contributed by atoms with Crippen molar-refractivity contribution in [3.05, 3.63) is 112 Å². The summed E-state index contributed by atoms with van der Waals surface area (Å²) in [6.07, 6.45) is 1.48. The molecule has 4 aromatic carbocycles. The Bertz CT molecular complexity index is 1380. The van der Waals surface area contributed by atoms with Gasteiger partial charge in [0.25, 0.3) is 11.6 Å². The van der Waals surface area contributed by atoms with Gasteiger partial charge in [0.05, 0.1) is 23.8 Å². The van der Waals surface area contributed by atoms with Crippen molar-refractivity contribution in [2.75, 3.05) is 7.11 Å². The quantitative estimate of drug-likeness (QED) is 0.226. The summed E-state index contributed by atoms with van der Waals surface area (Å²) in [5.41, 5.74) is 4.20. The number of amides is 1. The number of ether oxygens (including phenoxy) is 2. The molecule has 0 saturated heterocycles. The van der Waals surface area contributed by atoms with Crippen molar-refractivity contribution in [2.24, 2.45) is 5.10 Å². The van der Waals surface area contributed by atoms with E-state index in [1.807, 2.05) is 36.4 Å². The summed E-state index contributed by atoms with van der Waals surface area (Å²) < 4.78 is 11.2. The number of carbonyl (C=O) groups excluding carboxylic acids is 1. The number of nitro groups is 1. The third kappa shape index (κ3) is 5.18. The van der Waals surface area contributed by atoms with Crippen LogP contribution in [-0.2, 0) is 6.61 Å². The average Bonchev–Trinajstić information content (AvgIpc) is 2.87. The van der Waals surface area contributed by atoms with Crippen molar-refractivity contribution in [2.45, 2.75) is 6.61 Å². The predicted molar refractivity (Wildman–Crippen MR) is 129 cm³/mol. The van der Waals surface area contributed by atoms with Crippen molar-refractivity contribution in [1.82, 2.24) is 5.43 Å². The zero-order chi connectivity index (χ0) is 23.9. The molecule has 1 N–H and O–H groups in total. The topological polar surface area (TPSA) is 103 Å². The fraction of sp³-hybridized carbons (Fsp3) is 0.0769. The monoisotopic (exact) mass is 455 g/mol. The number of non-ortho nitro benzene ring substituents is 1. The lowest BCUT2D eigenvalue weighted by molar-refractivity contribution is -0.384. The Morgan fingerprint density at radius 3 is 2.47 bits per heavy atom. The maximum atomic E-state index is 12.7. The fourth-order valence-corrected chi connectivity index (χ4v) is 3.43. The van der Waals surface area contributed by atoms with E-state index in [0.29, 0.717) is 28.2 Å². The number of hydrogen-bond acceptors (Lipinski definition) is 6. The van der Waals surface area contributed by atoms with Gasteiger partial charge in [0.15, 0.2) is 0 Å². The van der Waals surface area contributed by atoms with Gasteiger partial charge < -0.3 is 9.47 Å². The first-order chi connectivity index (χ1) is 16.5. The number of fused-ring (bicyclic) bond motifs is 1. The summed E-state index contributed by atoms with van der Waals surface area (Å²) in [7, 11) is 1.51. The van der Waals surface area contributed by atoms with Gasteiger partial charge in [-0.15, -0.1) is 0 Å². The number of nitrogens with one attached hydrogen (secondary N) is 1. The lowest BCUT2D eigenvalue weighted by atomic mass is 10.1. The van der Waals surface area contributed by atoms with E-state index in [-0.39, 0.29) is 12.3 Å². The molecule has 0 aromatic heterocycles. The normalized spacial score (nSPS) is 10.9. The fourth-order valence-electron chi connectivity index (χ4n) is 3.43. The molecule has 0 spiro atoms. The molecule has 0 fully saturated rings. The highest BCUT2D eigenvalue weighted by Gasteiger charge is 2.13. The van der Waals surface area contributed by atoms with Crippen molar-refractivity contribution >= 4 is 28.6 Å². The van der Waals surface area contributed by atoms with E-state index in [1.165, 1.54) is 25.5 Å². The van der Waals surface area contributed by atoms with Gasteiger partial charge >= 0.3 is 0 Å². The number of para-hydroxylation sites is 1. The summed E-state index contributed by atoms with van der Waals surface area (Å²) in [6, 6.07) is 24.7. The minimum absolute atomic E-state index is 0.00257. The van der Waals surface area contributed by atoms with E-state index >= 15 is 0 Å². The van der Waals surface area contributed by atoms with E-state index in [1.54, 1.807) is 36.4 Å². The first-order valence-electron chi connectivity index (χ1n) is 10.4. The second kappa shape index (κ2) is 10.3. The number of methoxy groups -OCH3 is 1. The predicted octanol–water partition coefficient (Wildman–Crippen LogP) is 5.10. The third-order valence-corrected chi connectivity index (χ3v) is 5.12. The largest absolute Gasteiger partial charge is 0.496 e. The van der Waals surface area contributed by atoms with Gasteiger partial charge in [0.2, 0.25) is 0 Å². The van der Waals surface area contributed by atoms with E-state index in [0.717, 1.165) is 10.8 Å². The maximum absolute atomic E-state index is 12.7. The molecule has 34 heavy (non-hydrogen) atoms. The second-order valence-corrected chi connectivity index (χ2v) is 7.35. The van der Waals surface area contributed by atoms with Crippen LogP contribution in [0.2, 0.25) is 0 Å². The molecule has 0 radical (unpaired) electrons. The molecule has 0 saturated carbocycles. The van der Waals surface area contributed by atoms with Crippen LogP contribution in [-0.4, -0.2) is 24.2 Å². The van der Waals surface area contributed by atoms with Crippen LogP contribution in [0, 0.1) is 10.1 Å². The van der Waals surface area contributed by atoms with E-state index in [9.17, 15) is 14.9 Å². The van der Waals surface area contributed by atoms with E-state index in [2.05, 4.69) is 10.5 Å². The van der Waals surface area contributed by atoms with Gasteiger partial charge in [-0.3, -0.25) is 14.9 Å². The van der Waals surface area contributed by atoms with Gasteiger partial charge in [-0.25, -0.2) is 5.43 Å². The Morgan fingerprint density at radius 1 is 0.971 bits per heavy atom. The summed E-state index contributed by atoms with van der Waals surface area (Å²) in [4.78, 5) is 23.3. The summed E-state index contributed by atoms with van der Waals surface area (Å²) in [5, 5.41) is 16.9. The Balaban J connectivity index is 1.47. The second-order valence-electron chi connectivity index (χ2n) is 7.35. The minimum Gasteiger partial charge on any atom is -0.496 e. The van der Waals surface area contributed by atoms with Crippen LogP contribution in [0.25, 0.3) is 10.8 Å². The third-order valence-electron chi connectivity index (χ3n) is 5.12. The van der Waals surface area contributed by atoms with Crippen LogP contribution in [0.5, 0.6) is 11.5 Å². The van der Waals surface area contributed by atoms with Crippen molar-refractivity contribution < 1.29 is 19.2 Å². The first-order valence-corrected chi connectivity index (χ1v) is 10.4. The van der Waals surface area contributed by atoms with Gasteiger partial charge in [-0.1, -0.05) is 48.5 Å². The maximum Gasteiger partial charge on any atom is 0.275 e. The minimum atomic E-state index is -0.447. The average molecular weight is 455 g/mol. The number of rotatable bonds is 8. The molecule has 0 aliphatic rings. The number of nitrogens with zero attached hydrogens (tertiary/aromatic N) is 2. The smallest absolute Gasteiger partial charge is 0.275 e. The standard InChI is InChI=1S/C26H21N3O5/c1-33-25-15-20-9-3-2-8-19(20)14-23(25)26(30)28-27-16-21-10-4-5-12-24(21)34-17-18-7-6-11-22(13-18)29(31)32/h2-16H,17H2,1H3,(H,28,30)/b27-16-. The van der Waals surface area contributed by atoms with Crippen LogP contribution in [0.3, 0.4) is 0 Å². The molecule has 0 atom stereocenters. The first kappa shape index (κ1) is 22.5. The highest BCUT2D eigenvalue weighted by Crippen LogP contribution is 2.26. The molecule has 4 aromatic rings. The van der Waals surface area contributed by atoms with Crippen LogP contribution in [0.15, 0.2) is 90.0 Å². The Morgan fingerprint density at radius 2 is 1.71 bits per heavy atom. The lowest BCUT2D eigenvalue weighted by Gasteiger charge is -2.10. The van der Waals surface area contributed by atoms with Crippen molar-refractivity contribution in [1.29, 1.82) is 0 Å². The molecule has 4 rings (SSSR count). The highest BCUT2D eigenvalue weighted by molar-refractivity contribution is 6.02. The number of nitro benzene ring substituents is 1. The Labute approximate surface area is 195 Å². The Hall–Kier alpha value is -4.72. The number of hydrogen-bond donors (Lipinski definition) is 1. The SMILES string of the molecule is COc1cc2ccccc2cc1C(=O)N/N=C\c1ccccc1OCc1cccc([N+](=O)[O-])c1. The lowest BCUT2D eigenvalue weighted by Crippen LogP contribution is -2.18. The zero-order valence-corrected chi connectivity index (χ0v) is 18.3. The highest BCUT2D eigenvalue weighted by atomic mass is 16.6. The van der Waals surface area contributed by atoms with Gasteiger partial charge in [-0.2, -0.15) is 5.10 Å². The summed E-state index contributed by atoms with van der Waals surface area (Å²) >= 11 is 0. The van der Waals surface area contributed by atoms with Crippen LogP contribution >= 0.6 is 0 Å². The van der Waals surface area contributed by atoms with Crippen molar-refractivity contribution in [3.8, 4) is 11.5 Å². The van der Waals surface area contributed by atoms with Crippen LogP contribution < -0.4 is 14.9 Å².